The number of carbonyl (C=O) groups is 2. The molecule has 4 rings (SSSR count). The van der Waals surface area contributed by atoms with E-state index in [1.807, 2.05) is 42.5 Å². The average molecular weight is 418 g/mol. The number of furan rings is 1. The fraction of sp³-hybridized carbons (Fsp3) is 0.280. The normalized spacial score (nSPS) is 13.5. The summed E-state index contributed by atoms with van der Waals surface area (Å²) in [4.78, 5) is 26.8. The van der Waals surface area contributed by atoms with E-state index in [1.165, 1.54) is 17.4 Å². The second kappa shape index (κ2) is 8.30. The van der Waals surface area contributed by atoms with Gasteiger partial charge in [-0.25, -0.2) is 4.79 Å². The van der Waals surface area contributed by atoms with Crippen LogP contribution in [-0.2, 0) is 18.4 Å². The van der Waals surface area contributed by atoms with Gasteiger partial charge in [-0.2, -0.15) is 0 Å². The third kappa shape index (κ3) is 4.79. The number of nitrogens with one attached hydrogen (secondary N) is 2. The molecule has 0 atom stereocenters. The van der Waals surface area contributed by atoms with Gasteiger partial charge in [-0.1, -0.05) is 39.0 Å². The van der Waals surface area contributed by atoms with E-state index in [1.54, 1.807) is 17.0 Å². The summed E-state index contributed by atoms with van der Waals surface area (Å²) in [6.45, 7) is 7.59. The molecule has 0 fully saturated rings. The highest BCUT2D eigenvalue weighted by molar-refractivity contribution is 5.99. The van der Waals surface area contributed by atoms with Crippen molar-refractivity contribution < 1.29 is 14.0 Å². The number of rotatable bonds is 3. The highest BCUT2D eigenvalue weighted by Gasteiger charge is 2.23. The van der Waals surface area contributed by atoms with Gasteiger partial charge in [0.15, 0.2) is 5.76 Å². The minimum atomic E-state index is -0.303. The van der Waals surface area contributed by atoms with Gasteiger partial charge in [0.25, 0.3) is 5.91 Å². The highest BCUT2D eigenvalue weighted by atomic mass is 16.3. The Kier molecular flexibility index (Phi) is 5.55. The van der Waals surface area contributed by atoms with Crippen molar-refractivity contribution in [3.05, 3.63) is 83.3 Å². The molecule has 2 N–H and O–H groups in total. The molecule has 0 saturated heterocycles. The molecule has 0 spiro atoms. The third-order valence-electron chi connectivity index (χ3n) is 5.50. The van der Waals surface area contributed by atoms with Crippen LogP contribution in [0.1, 0.15) is 48.0 Å². The first-order valence-electron chi connectivity index (χ1n) is 10.4. The average Bonchev–Trinajstić information content (AvgIpc) is 3.27. The van der Waals surface area contributed by atoms with Crippen LogP contribution in [0.15, 0.2) is 65.3 Å². The van der Waals surface area contributed by atoms with Gasteiger partial charge in [0.05, 0.1) is 6.26 Å². The second-order valence-electron chi connectivity index (χ2n) is 8.84. The Bertz CT molecular complexity index is 1080. The van der Waals surface area contributed by atoms with Crippen LogP contribution in [0.2, 0.25) is 0 Å². The van der Waals surface area contributed by atoms with Gasteiger partial charge >= 0.3 is 6.03 Å². The maximum atomic E-state index is 12.6. The molecule has 1 aliphatic rings. The van der Waals surface area contributed by atoms with Crippen LogP contribution in [0.25, 0.3) is 0 Å². The van der Waals surface area contributed by atoms with Crippen molar-refractivity contribution in [2.45, 2.75) is 39.2 Å². The molecule has 0 aliphatic carbocycles. The van der Waals surface area contributed by atoms with Crippen molar-refractivity contribution in [2.24, 2.45) is 0 Å². The summed E-state index contributed by atoms with van der Waals surface area (Å²) < 4.78 is 5.24. The number of nitrogens with zero attached hydrogens (tertiary/aromatic N) is 1. The summed E-state index contributed by atoms with van der Waals surface area (Å²) in [6.07, 6.45) is 2.27. The monoisotopic (exact) mass is 417 g/mol. The van der Waals surface area contributed by atoms with Crippen molar-refractivity contribution in [3.8, 4) is 0 Å². The molecule has 1 aliphatic heterocycles. The minimum Gasteiger partial charge on any atom is -0.459 e. The van der Waals surface area contributed by atoms with E-state index in [4.69, 9.17) is 4.42 Å². The first-order chi connectivity index (χ1) is 14.8. The molecule has 1 aromatic heterocycles. The van der Waals surface area contributed by atoms with Gasteiger partial charge in [-0.15, -0.1) is 0 Å². The Morgan fingerprint density at radius 2 is 1.65 bits per heavy atom. The van der Waals surface area contributed by atoms with Crippen molar-refractivity contribution in [2.75, 3.05) is 17.2 Å². The number of carbonyl (C=O) groups excluding carboxylic acids is 2. The zero-order valence-electron chi connectivity index (χ0n) is 18.1. The molecule has 3 amide bonds. The molecule has 0 saturated carbocycles. The molecule has 31 heavy (non-hydrogen) atoms. The number of hydrogen-bond acceptors (Lipinski definition) is 3. The summed E-state index contributed by atoms with van der Waals surface area (Å²) in [7, 11) is 0. The minimum absolute atomic E-state index is 0.0656. The van der Waals surface area contributed by atoms with Crippen LogP contribution < -0.4 is 10.6 Å². The van der Waals surface area contributed by atoms with E-state index in [0.717, 1.165) is 17.7 Å². The maximum Gasteiger partial charge on any atom is 0.323 e. The Labute approximate surface area is 182 Å². The van der Waals surface area contributed by atoms with E-state index in [-0.39, 0.29) is 17.4 Å². The Morgan fingerprint density at radius 1 is 0.935 bits per heavy atom. The Balaban J connectivity index is 1.40. The second-order valence-corrected chi connectivity index (χ2v) is 8.84. The molecule has 2 heterocycles. The lowest BCUT2D eigenvalue weighted by Gasteiger charge is -2.28. The first kappa shape index (κ1) is 20.7. The van der Waals surface area contributed by atoms with Crippen molar-refractivity contribution in [1.82, 2.24) is 4.90 Å². The first-order valence-corrected chi connectivity index (χ1v) is 10.4. The smallest absolute Gasteiger partial charge is 0.323 e. The summed E-state index contributed by atoms with van der Waals surface area (Å²) in [5, 5.41) is 5.75. The quantitative estimate of drug-likeness (QED) is 0.598. The lowest BCUT2D eigenvalue weighted by molar-refractivity contribution is 0.0702. The molecule has 6 nitrogen and oxygen atoms in total. The fourth-order valence-electron chi connectivity index (χ4n) is 3.71. The zero-order valence-corrected chi connectivity index (χ0v) is 18.1. The molecule has 2 aromatic carbocycles. The summed E-state index contributed by atoms with van der Waals surface area (Å²) in [5.41, 5.74) is 4.91. The topological polar surface area (TPSA) is 74.6 Å². The van der Waals surface area contributed by atoms with Gasteiger partial charge in [0, 0.05) is 24.5 Å². The predicted octanol–water partition coefficient (Wildman–Crippen LogP) is 5.42. The summed E-state index contributed by atoms with van der Waals surface area (Å²) >= 11 is 0. The van der Waals surface area contributed by atoms with Crippen LogP contribution in [0, 0.1) is 0 Å². The number of anilines is 2. The standard InChI is InChI=1S/C25H27N3O3/c1-25(2,3)19-7-10-20(11-8-19)26-24(30)27-21-9-6-17-12-13-28(16-18(17)15-21)23(29)22-5-4-14-31-22/h4-11,14-15H,12-13,16H2,1-3H3,(H2,26,27,30). The summed E-state index contributed by atoms with van der Waals surface area (Å²) in [6, 6.07) is 16.8. The molecule has 6 heteroatoms. The van der Waals surface area contributed by atoms with Crippen LogP contribution in [0.5, 0.6) is 0 Å². The lowest BCUT2D eigenvalue weighted by atomic mass is 9.87. The number of fused-ring (bicyclic) bond motifs is 1. The van der Waals surface area contributed by atoms with Crippen molar-refractivity contribution in [1.29, 1.82) is 0 Å². The SMILES string of the molecule is CC(C)(C)c1ccc(NC(=O)Nc2ccc3c(c2)CN(C(=O)c2ccco2)CC3)cc1. The number of urea groups is 1. The van der Waals surface area contributed by atoms with E-state index in [2.05, 4.69) is 31.4 Å². The van der Waals surface area contributed by atoms with Crippen LogP contribution in [0.4, 0.5) is 16.2 Å². The highest BCUT2D eigenvalue weighted by Crippen LogP contribution is 2.25. The van der Waals surface area contributed by atoms with Gasteiger partial charge in [-0.3, -0.25) is 4.79 Å². The van der Waals surface area contributed by atoms with E-state index in [9.17, 15) is 9.59 Å². The largest absolute Gasteiger partial charge is 0.459 e. The van der Waals surface area contributed by atoms with Crippen LogP contribution in [0.3, 0.4) is 0 Å². The molecular formula is C25H27N3O3. The van der Waals surface area contributed by atoms with Gasteiger partial charge in [0.1, 0.15) is 0 Å². The van der Waals surface area contributed by atoms with E-state index < -0.39 is 0 Å². The molecule has 0 radical (unpaired) electrons. The molecule has 0 unspecified atom stereocenters. The molecule has 0 bridgehead atoms. The van der Waals surface area contributed by atoms with Crippen LogP contribution in [-0.4, -0.2) is 23.4 Å². The molecule has 3 aromatic rings. The van der Waals surface area contributed by atoms with Crippen molar-refractivity contribution >= 4 is 23.3 Å². The van der Waals surface area contributed by atoms with E-state index in [0.29, 0.717) is 24.5 Å². The number of benzene rings is 2. The number of hydrogen-bond donors (Lipinski definition) is 2. The third-order valence-corrected chi connectivity index (χ3v) is 5.50. The van der Waals surface area contributed by atoms with Crippen molar-refractivity contribution in [3.63, 3.8) is 0 Å². The van der Waals surface area contributed by atoms with Gasteiger partial charge in [0.2, 0.25) is 0 Å². The number of amides is 3. The van der Waals surface area contributed by atoms with E-state index >= 15 is 0 Å². The zero-order chi connectivity index (χ0) is 22.0. The Morgan fingerprint density at radius 3 is 2.32 bits per heavy atom. The maximum absolute atomic E-state index is 12.6. The Hall–Kier alpha value is -3.54. The predicted molar refractivity (Wildman–Crippen MR) is 121 cm³/mol. The molecule has 160 valence electrons. The van der Waals surface area contributed by atoms with Gasteiger partial charge in [-0.05, 0) is 64.9 Å². The summed E-state index contributed by atoms with van der Waals surface area (Å²) in [5.74, 6) is 0.222. The lowest BCUT2D eigenvalue weighted by Crippen LogP contribution is -2.35. The fourth-order valence-corrected chi connectivity index (χ4v) is 3.71. The van der Waals surface area contributed by atoms with Crippen LogP contribution >= 0.6 is 0 Å². The van der Waals surface area contributed by atoms with Gasteiger partial charge < -0.3 is 20.0 Å². The molecular weight excluding hydrogens is 390 g/mol.